The topological polar surface area (TPSA) is 44.8 Å². The number of esters is 1. The first-order chi connectivity index (χ1) is 11.7. The van der Waals surface area contributed by atoms with Gasteiger partial charge in [0.05, 0.1) is 12.2 Å². The van der Waals surface area contributed by atoms with E-state index < -0.39 is 0 Å². The predicted octanol–water partition coefficient (Wildman–Crippen LogP) is 4.41. The minimum Gasteiger partial charge on any atom is -0.493 e. The molecule has 2 rings (SSSR count). The van der Waals surface area contributed by atoms with Crippen LogP contribution in [-0.4, -0.2) is 25.8 Å². The number of aryl methyl sites for hydroxylation is 1. The second kappa shape index (κ2) is 9.60. The van der Waals surface area contributed by atoms with Gasteiger partial charge in [-0.25, -0.2) is 4.79 Å². The van der Waals surface area contributed by atoms with Gasteiger partial charge in [0.2, 0.25) is 0 Å². The van der Waals surface area contributed by atoms with Crippen LogP contribution in [0.25, 0.3) is 0 Å². The molecule has 2 aromatic carbocycles. The van der Waals surface area contributed by atoms with Crippen LogP contribution in [0.2, 0.25) is 0 Å². The van der Waals surface area contributed by atoms with E-state index >= 15 is 0 Å². The molecule has 0 aliphatic heterocycles. The van der Waals surface area contributed by atoms with E-state index in [2.05, 4.69) is 6.92 Å². The fourth-order valence-corrected chi connectivity index (χ4v) is 2.16. The van der Waals surface area contributed by atoms with Crippen LogP contribution in [0, 0.1) is 6.92 Å². The van der Waals surface area contributed by atoms with Crippen molar-refractivity contribution < 1.29 is 19.0 Å². The summed E-state index contributed by atoms with van der Waals surface area (Å²) in [4.78, 5) is 12.1. The van der Waals surface area contributed by atoms with Crippen LogP contribution in [0.15, 0.2) is 48.5 Å². The van der Waals surface area contributed by atoms with Crippen molar-refractivity contribution in [1.29, 1.82) is 0 Å². The summed E-state index contributed by atoms with van der Waals surface area (Å²) in [6.07, 6.45) is 2.11. The van der Waals surface area contributed by atoms with Crippen LogP contribution in [0.1, 0.15) is 35.7 Å². The van der Waals surface area contributed by atoms with Crippen molar-refractivity contribution in [1.82, 2.24) is 0 Å². The van der Waals surface area contributed by atoms with Gasteiger partial charge in [-0.15, -0.1) is 0 Å². The number of para-hydroxylation sites is 1. The standard InChI is InChI=1S/C20H24O4/c1-3-4-12-23-19-11-10-17(15-16(19)2)20(21)24-14-13-22-18-8-6-5-7-9-18/h5-11,15H,3-4,12-14H2,1-2H3. The lowest BCUT2D eigenvalue weighted by Crippen LogP contribution is -2.12. The van der Waals surface area contributed by atoms with E-state index in [9.17, 15) is 4.79 Å². The summed E-state index contributed by atoms with van der Waals surface area (Å²) < 4.78 is 16.4. The van der Waals surface area contributed by atoms with Crippen LogP contribution in [0.3, 0.4) is 0 Å². The van der Waals surface area contributed by atoms with Crippen molar-refractivity contribution in [3.63, 3.8) is 0 Å². The quantitative estimate of drug-likeness (QED) is 0.505. The van der Waals surface area contributed by atoms with Crippen molar-refractivity contribution in [3.05, 3.63) is 59.7 Å². The van der Waals surface area contributed by atoms with E-state index in [0.717, 1.165) is 29.9 Å². The second-order valence-corrected chi connectivity index (χ2v) is 5.48. The molecular weight excluding hydrogens is 304 g/mol. The summed E-state index contributed by atoms with van der Waals surface area (Å²) in [6, 6.07) is 14.8. The van der Waals surface area contributed by atoms with Gasteiger partial charge in [0.15, 0.2) is 0 Å². The van der Waals surface area contributed by atoms with Gasteiger partial charge >= 0.3 is 5.97 Å². The van der Waals surface area contributed by atoms with Gasteiger partial charge in [-0.2, -0.15) is 0 Å². The van der Waals surface area contributed by atoms with Crippen molar-refractivity contribution >= 4 is 5.97 Å². The van der Waals surface area contributed by atoms with Crippen LogP contribution in [-0.2, 0) is 4.74 Å². The Kier molecular flexibility index (Phi) is 7.15. The highest BCUT2D eigenvalue weighted by Crippen LogP contribution is 2.20. The molecule has 4 nitrogen and oxygen atoms in total. The molecule has 0 heterocycles. The van der Waals surface area contributed by atoms with Gasteiger partial charge in [-0.3, -0.25) is 0 Å². The molecule has 0 amide bonds. The van der Waals surface area contributed by atoms with Gasteiger partial charge in [0.25, 0.3) is 0 Å². The highest BCUT2D eigenvalue weighted by molar-refractivity contribution is 5.89. The maximum absolute atomic E-state index is 12.1. The maximum atomic E-state index is 12.1. The number of ether oxygens (including phenoxy) is 3. The third kappa shape index (κ3) is 5.61. The van der Waals surface area contributed by atoms with E-state index in [1.54, 1.807) is 12.1 Å². The third-order valence-corrected chi connectivity index (χ3v) is 3.49. The number of carbonyl (C=O) groups excluding carboxylic acids is 1. The van der Waals surface area contributed by atoms with E-state index in [4.69, 9.17) is 14.2 Å². The Hall–Kier alpha value is -2.49. The fraction of sp³-hybridized carbons (Fsp3) is 0.350. The smallest absolute Gasteiger partial charge is 0.338 e. The Morgan fingerprint density at radius 1 is 0.958 bits per heavy atom. The van der Waals surface area contributed by atoms with E-state index in [1.165, 1.54) is 0 Å². The Balaban J connectivity index is 1.78. The number of unbranched alkanes of at least 4 members (excludes halogenated alkanes) is 1. The Morgan fingerprint density at radius 2 is 1.75 bits per heavy atom. The van der Waals surface area contributed by atoms with E-state index in [0.29, 0.717) is 18.8 Å². The number of hydrogen-bond acceptors (Lipinski definition) is 4. The fourth-order valence-electron chi connectivity index (χ4n) is 2.16. The molecule has 24 heavy (non-hydrogen) atoms. The van der Waals surface area contributed by atoms with Crippen molar-refractivity contribution in [2.75, 3.05) is 19.8 Å². The number of hydrogen-bond donors (Lipinski definition) is 0. The molecule has 2 aromatic rings. The van der Waals surface area contributed by atoms with E-state index in [-0.39, 0.29) is 12.6 Å². The highest BCUT2D eigenvalue weighted by Gasteiger charge is 2.10. The lowest BCUT2D eigenvalue weighted by Gasteiger charge is -2.11. The molecule has 0 saturated heterocycles. The Labute approximate surface area is 143 Å². The molecule has 0 atom stereocenters. The summed E-state index contributed by atoms with van der Waals surface area (Å²) in [5.74, 6) is 1.22. The molecule has 0 spiro atoms. The van der Waals surface area contributed by atoms with Gasteiger partial charge in [-0.05, 0) is 49.2 Å². The van der Waals surface area contributed by atoms with Crippen molar-refractivity contribution in [2.24, 2.45) is 0 Å². The zero-order chi connectivity index (χ0) is 17.2. The van der Waals surface area contributed by atoms with Crippen molar-refractivity contribution in [3.8, 4) is 11.5 Å². The monoisotopic (exact) mass is 328 g/mol. The number of carbonyl (C=O) groups is 1. The van der Waals surface area contributed by atoms with Gasteiger partial charge in [0, 0.05) is 0 Å². The summed E-state index contributed by atoms with van der Waals surface area (Å²) >= 11 is 0. The minimum absolute atomic E-state index is 0.210. The summed E-state index contributed by atoms with van der Waals surface area (Å²) in [7, 11) is 0. The zero-order valence-corrected chi connectivity index (χ0v) is 14.3. The first kappa shape index (κ1) is 17.9. The average molecular weight is 328 g/mol. The maximum Gasteiger partial charge on any atom is 0.338 e. The van der Waals surface area contributed by atoms with Crippen LogP contribution >= 0.6 is 0 Å². The van der Waals surface area contributed by atoms with Crippen LogP contribution in [0.4, 0.5) is 0 Å². The average Bonchev–Trinajstić information content (AvgIpc) is 2.61. The predicted molar refractivity (Wildman–Crippen MR) is 93.8 cm³/mol. The highest BCUT2D eigenvalue weighted by atomic mass is 16.6. The molecule has 0 aromatic heterocycles. The lowest BCUT2D eigenvalue weighted by molar-refractivity contribution is 0.0450. The Bertz CT molecular complexity index is 637. The molecule has 0 bridgehead atoms. The SMILES string of the molecule is CCCCOc1ccc(C(=O)OCCOc2ccccc2)cc1C. The summed E-state index contributed by atoms with van der Waals surface area (Å²) in [6.45, 7) is 5.28. The molecule has 0 N–H and O–H groups in total. The normalized spacial score (nSPS) is 10.2. The molecule has 0 radical (unpaired) electrons. The first-order valence-electron chi connectivity index (χ1n) is 8.29. The van der Waals surface area contributed by atoms with Gasteiger partial charge in [0.1, 0.15) is 24.7 Å². The lowest BCUT2D eigenvalue weighted by atomic mass is 10.1. The molecule has 0 unspecified atom stereocenters. The third-order valence-electron chi connectivity index (χ3n) is 3.49. The molecule has 0 saturated carbocycles. The Morgan fingerprint density at radius 3 is 2.46 bits per heavy atom. The largest absolute Gasteiger partial charge is 0.493 e. The molecule has 128 valence electrons. The first-order valence-corrected chi connectivity index (χ1v) is 8.29. The molecule has 0 aliphatic carbocycles. The van der Waals surface area contributed by atoms with Crippen LogP contribution in [0.5, 0.6) is 11.5 Å². The zero-order valence-electron chi connectivity index (χ0n) is 14.3. The van der Waals surface area contributed by atoms with Crippen LogP contribution < -0.4 is 9.47 Å². The number of rotatable bonds is 9. The summed E-state index contributed by atoms with van der Waals surface area (Å²) in [5.41, 5.74) is 1.45. The minimum atomic E-state index is -0.352. The molecule has 0 fully saturated rings. The second-order valence-electron chi connectivity index (χ2n) is 5.48. The molecule has 4 heteroatoms. The van der Waals surface area contributed by atoms with Crippen molar-refractivity contribution in [2.45, 2.75) is 26.7 Å². The summed E-state index contributed by atoms with van der Waals surface area (Å²) in [5, 5.41) is 0. The van der Waals surface area contributed by atoms with Gasteiger partial charge < -0.3 is 14.2 Å². The molecular formula is C20H24O4. The van der Waals surface area contributed by atoms with Gasteiger partial charge in [-0.1, -0.05) is 31.5 Å². The number of benzene rings is 2. The van der Waals surface area contributed by atoms with E-state index in [1.807, 2.05) is 43.3 Å². The molecule has 0 aliphatic rings.